The maximum Gasteiger partial charge on any atom is 0.273 e. The van der Waals surface area contributed by atoms with Gasteiger partial charge in [-0.15, -0.1) is 0 Å². The van der Waals surface area contributed by atoms with Crippen molar-refractivity contribution in [2.45, 2.75) is 13.8 Å². The van der Waals surface area contributed by atoms with Crippen LogP contribution in [-0.4, -0.2) is 22.7 Å². The molecular formula is C19H18FN3O2. The molecule has 25 heavy (non-hydrogen) atoms. The minimum Gasteiger partial charge on any atom is -0.494 e. The van der Waals surface area contributed by atoms with Gasteiger partial charge in [0.1, 0.15) is 17.3 Å². The Morgan fingerprint density at radius 2 is 1.96 bits per heavy atom. The highest BCUT2D eigenvalue weighted by atomic mass is 19.1. The molecule has 0 aliphatic rings. The number of nitrogens with zero attached hydrogens (tertiary/aromatic N) is 1. The van der Waals surface area contributed by atoms with E-state index in [1.807, 2.05) is 31.2 Å². The molecule has 0 unspecified atom stereocenters. The molecule has 1 aromatic heterocycles. The monoisotopic (exact) mass is 339 g/mol. The molecule has 0 fully saturated rings. The van der Waals surface area contributed by atoms with Crippen LogP contribution in [0.1, 0.15) is 23.0 Å². The van der Waals surface area contributed by atoms with E-state index in [1.165, 1.54) is 12.1 Å². The maximum atomic E-state index is 13.8. The Hall–Kier alpha value is -3.15. The summed E-state index contributed by atoms with van der Waals surface area (Å²) >= 11 is 0. The lowest BCUT2D eigenvalue weighted by atomic mass is 10.1. The molecule has 3 rings (SSSR count). The number of halogens is 1. The Morgan fingerprint density at radius 3 is 2.64 bits per heavy atom. The molecule has 3 aromatic rings. The van der Waals surface area contributed by atoms with Crippen LogP contribution in [0.4, 0.5) is 10.1 Å². The molecule has 0 aliphatic heterocycles. The number of benzene rings is 2. The van der Waals surface area contributed by atoms with E-state index in [2.05, 4.69) is 15.5 Å². The van der Waals surface area contributed by atoms with Crippen LogP contribution in [0.25, 0.3) is 11.3 Å². The molecule has 128 valence electrons. The minimum absolute atomic E-state index is 0.132. The number of hydrogen-bond acceptors (Lipinski definition) is 3. The number of amides is 1. The van der Waals surface area contributed by atoms with Gasteiger partial charge in [-0.2, -0.15) is 5.10 Å². The molecule has 1 heterocycles. The summed E-state index contributed by atoms with van der Waals surface area (Å²) < 4.78 is 19.2. The second-order valence-electron chi connectivity index (χ2n) is 5.56. The Morgan fingerprint density at radius 1 is 1.20 bits per heavy atom. The van der Waals surface area contributed by atoms with E-state index < -0.39 is 11.7 Å². The highest BCUT2D eigenvalue weighted by Crippen LogP contribution is 2.22. The van der Waals surface area contributed by atoms with Crippen LogP contribution in [0.3, 0.4) is 0 Å². The van der Waals surface area contributed by atoms with Gasteiger partial charge in [-0.3, -0.25) is 9.89 Å². The Labute approximate surface area is 144 Å². The lowest BCUT2D eigenvalue weighted by Gasteiger charge is -2.05. The van der Waals surface area contributed by atoms with Crippen molar-refractivity contribution in [2.75, 3.05) is 11.9 Å². The fourth-order valence-electron chi connectivity index (χ4n) is 2.39. The molecule has 0 bridgehead atoms. The van der Waals surface area contributed by atoms with Crippen molar-refractivity contribution in [3.05, 3.63) is 65.6 Å². The predicted octanol–water partition coefficient (Wildman–Crippen LogP) is 4.18. The normalized spacial score (nSPS) is 10.5. The smallest absolute Gasteiger partial charge is 0.273 e. The van der Waals surface area contributed by atoms with Gasteiger partial charge >= 0.3 is 0 Å². The fraction of sp³-hybridized carbons (Fsp3) is 0.158. The first kappa shape index (κ1) is 16.7. The van der Waals surface area contributed by atoms with Crippen LogP contribution < -0.4 is 10.1 Å². The molecule has 0 saturated carbocycles. The Bertz CT molecular complexity index is 888. The van der Waals surface area contributed by atoms with E-state index in [4.69, 9.17) is 4.74 Å². The van der Waals surface area contributed by atoms with Crippen molar-refractivity contribution < 1.29 is 13.9 Å². The van der Waals surface area contributed by atoms with E-state index in [9.17, 15) is 9.18 Å². The fourth-order valence-corrected chi connectivity index (χ4v) is 2.39. The van der Waals surface area contributed by atoms with Crippen molar-refractivity contribution >= 4 is 11.6 Å². The van der Waals surface area contributed by atoms with E-state index in [1.54, 1.807) is 19.1 Å². The molecule has 0 aliphatic carbocycles. The predicted molar refractivity (Wildman–Crippen MR) is 94.3 cm³/mol. The molecular weight excluding hydrogens is 321 g/mol. The second-order valence-corrected chi connectivity index (χ2v) is 5.56. The number of carbonyl (C=O) groups is 1. The number of nitrogens with one attached hydrogen (secondary N) is 2. The number of ether oxygens (including phenoxy) is 1. The summed E-state index contributed by atoms with van der Waals surface area (Å²) in [5, 5.41) is 9.36. The van der Waals surface area contributed by atoms with Gasteiger partial charge in [-0.1, -0.05) is 6.07 Å². The highest BCUT2D eigenvalue weighted by Gasteiger charge is 2.13. The summed E-state index contributed by atoms with van der Waals surface area (Å²) in [5.41, 5.74) is 2.64. The van der Waals surface area contributed by atoms with Crippen molar-refractivity contribution in [1.29, 1.82) is 0 Å². The van der Waals surface area contributed by atoms with E-state index in [-0.39, 0.29) is 11.4 Å². The van der Waals surface area contributed by atoms with E-state index in [0.29, 0.717) is 12.3 Å². The van der Waals surface area contributed by atoms with Crippen molar-refractivity contribution in [3.63, 3.8) is 0 Å². The molecule has 1 amide bonds. The van der Waals surface area contributed by atoms with Crippen LogP contribution in [0.2, 0.25) is 0 Å². The van der Waals surface area contributed by atoms with Gasteiger partial charge < -0.3 is 10.1 Å². The van der Waals surface area contributed by atoms with E-state index >= 15 is 0 Å². The number of hydrogen-bond donors (Lipinski definition) is 2. The van der Waals surface area contributed by atoms with Gasteiger partial charge in [0.05, 0.1) is 18.0 Å². The second kappa shape index (κ2) is 7.17. The van der Waals surface area contributed by atoms with Gasteiger partial charge in [0, 0.05) is 5.56 Å². The summed E-state index contributed by atoms with van der Waals surface area (Å²) in [7, 11) is 0. The lowest BCUT2D eigenvalue weighted by Crippen LogP contribution is -2.13. The quantitative estimate of drug-likeness (QED) is 0.733. The molecule has 0 atom stereocenters. The largest absolute Gasteiger partial charge is 0.494 e. The lowest BCUT2D eigenvalue weighted by molar-refractivity contribution is 0.102. The third-order valence-electron chi connectivity index (χ3n) is 3.66. The highest BCUT2D eigenvalue weighted by molar-refractivity contribution is 6.03. The standard InChI is InChI=1S/C19H18FN3O2/c1-3-25-14-7-5-13(6-8-14)17-11-18(23-22-17)19(24)21-16-9-4-12(2)10-15(16)20/h4-11H,3H2,1-2H3,(H,21,24)(H,22,23). The van der Waals surface area contributed by atoms with Crippen LogP contribution in [0.15, 0.2) is 48.5 Å². The summed E-state index contributed by atoms with van der Waals surface area (Å²) in [6, 6.07) is 13.7. The summed E-state index contributed by atoms with van der Waals surface area (Å²) in [6.07, 6.45) is 0. The molecule has 0 radical (unpaired) electrons. The zero-order chi connectivity index (χ0) is 17.8. The average molecular weight is 339 g/mol. The van der Waals surface area contributed by atoms with Gasteiger partial charge in [0.15, 0.2) is 0 Å². The van der Waals surface area contributed by atoms with Gasteiger partial charge in [0.25, 0.3) is 5.91 Å². The average Bonchev–Trinajstić information content (AvgIpc) is 3.08. The van der Waals surface area contributed by atoms with Crippen LogP contribution in [-0.2, 0) is 0 Å². The molecule has 5 nitrogen and oxygen atoms in total. The number of anilines is 1. The molecule has 2 aromatic carbocycles. The Balaban J connectivity index is 1.75. The number of aryl methyl sites for hydroxylation is 1. The Kier molecular flexibility index (Phi) is 4.79. The van der Waals surface area contributed by atoms with Crippen LogP contribution in [0.5, 0.6) is 5.75 Å². The zero-order valence-electron chi connectivity index (χ0n) is 14.0. The van der Waals surface area contributed by atoms with Crippen molar-refractivity contribution in [2.24, 2.45) is 0 Å². The SMILES string of the molecule is CCOc1ccc(-c2cc(C(=O)Nc3ccc(C)cc3F)[nH]n2)cc1. The van der Waals surface area contributed by atoms with Crippen molar-refractivity contribution in [3.8, 4) is 17.0 Å². The van der Waals surface area contributed by atoms with Gasteiger partial charge in [-0.05, 0) is 61.9 Å². The topological polar surface area (TPSA) is 67.0 Å². The summed E-state index contributed by atoms with van der Waals surface area (Å²) in [6.45, 7) is 4.30. The number of H-pyrrole nitrogens is 1. The molecule has 0 saturated heterocycles. The van der Waals surface area contributed by atoms with Gasteiger partial charge in [0.2, 0.25) is 0 Å². The number of rotatable bonds is 5. The van der Waals surface area contributed by atoms with Gasteiger partial charge in [-0.25, -0.2) is 4.39 Å². The summed E-state index contributed by atoms with van der Waals surface area (Å²) in [4.78, 5) is 12.3. The third kappa shape index (κ3) is 3.85. The summed E-state index contributed by atoms with van der Waals surface area (Å²) in [5.74, 6) is -0.151. The van der Waals surface area contributed by atoms with Crippen LogP contribution >= 0.6 is 0 Å². The number of aromatic nitrogens is 2. The first-order valence-electron chi connectivity index (χ1n) is 7.93. The van der Waals surface area contributed by atoms with Crippen molar-refractivity contribution in [1.82, 2.24) is 10.2 Å². The first-order chi connectivity index (χ1) is 12.1. The molecule has 2 N–H and O–H groups in total. The number of carbonyl (C=O) groups excluding carboxylic acids is 1. The molecule has 0 spiro atoms. The minimum atomic E-state index is -0.473. The third-order valence-corrected chi connectivity index (χ3v) is 3.66. The number of aromatic amines is 1. The van der Waals surface area contributed by atoms with E-state index in [0.717, 1.165) is 16.9 Å². The maximum absolute atomic E-state index is 13.8. The molecule has 6 heteroatoms. The first-order valence-corrected chi connectivity index (χ1v) is 7.93. The zero-order valence-corrected chi connectivity index (χ0v) is 14.0. The van der Waals surface area contributed by atoms with Crippen LogP contribution in [0, 0.1) is 12.7 Å².